The molecular weight excluding hydrogens is 416 g/mol. The Bertz CT molecular complexity index is 1070. The van der Waals surface area contributed by atoms with Crippen LogP contribution >= 0.6 is 12.4 Å². The number of hydrogen-bond donors (Lipinski definition) is 3. The summed E-state index contributed by atoms with van der Waals surface area (Å²) in [6, 6.07) is 12.7. The highest BCUT2D eigenvalue weighted by molar-refractivity contribution is 7.90. The van der Waals surface area contributed by atoms with Gasteiger partial charge in [-0.3, -0.25) is 0 Å². The summed E-state index contributed by atoms with van der Waals surface area (Å²) in [6.07, 6.45) is 2.90. The Morgan fingerprint density at radius 1 is 1.10 bits per heavy atom. The minimum Gasteiger partial charge on any atom is -0.478 e. The number of carboxylic acid groups (broad SMARTS) is 1. The molecule has 1 heterocycles. The number of halogens is 1. The first-order chi connectivity index (χ1) is 13.4. The number of hydrogen-bond acceptors (Lipinski definition) is 6. The lowest BCUT2D eigenvalue weighted by Crippen LogP contribution is -2.17. The van der Waals surface area contributed by atoms with Gasteiger partial charge in [0, 0.05) is 24.2 Å². The van der Waals surface area contributed by atoms with Crippen molar-refractivity contribution in [2.24, 2.45) is 5.73 Å². The van der Waals surface area contributed by atoms with Crippen molar-refractivity contribution in [3.05, 3.63) is 72.2 Å². The Morgan fingerprint density at radius 2 is 1.83 bits per heavy atom. The van der Waals surface area contributed by atoms with Crippen LogP contribution < -0.4 is 11.1 Å². The molecule has 0 bridgehead atoms. The maximum atomic E-state index is 12.9. The first-order valence-corrected chi connectivity index (χ1v) is 10.2. The van der Waals surface area contributed by atoms with Gasteiger partial charge in [-0.2, -0.15) is 0 Å². The van der Waals surface area contributed by atoms with Gasteiger partial charge in [-0.05, 0) is 29.8 Å². The molecule has 9 heteroatoms. The Balaban J connectivity index is 0.00000300. The molecule has 0 amide bonds. The van der Waals surface area contributed by atoms with E-state index in [-0.39, 0.29) is 35.2 Å². The molecule has 0 aliphatic carbocycles. The highest BCUT2D eigenvalue weighted by Crippen LogP contribution is 2.36. The molecule has 0 radical (unpaired) electrons. The zero-order valence-electron chi connectivity index (χ0n) is 15.4. The molecule has 0 saturated carbocycles. The van der Waals surface area contributed by atoms with Gasteiger partial charge in [0.2, 0.25) is 0 Å². The van der Waals surface area contributed by atoms with Gasteiger partial charge in [-0.25, -0.2) is 13.2 Å². The van der Waals surface area contributed by atoms with Crippen molar-refractivity contribution in [2.45, 2.75) is 10.6 Å². The maximum Gasteiger partial charge on any atom is 0.337 e. The van der Waals surface area contributed by atoms with Crippen molar-refractivity contribution < 1.29 is 22.7 Å². The second-order valence-corrected chi connectivity index (χ2v) is 8.12. The minimum absolute atomic E-state index is 0. The molecule has 0 aliphatic rings. The normalized spacial score (nSPS) is 10.9. The van der Waals surface area contributed by atoms with E-state index >= 15 is 0 Å². The van der Waals surface area contributed by atoms with Crippen molar-refractivity contribution in [2.75, 3.05) is 18.4 Å². The fraction of sp³-hybridized carbons (Fsp3) is 0.150. The SMILES string of the molecule is Cl.NCCNc1c(C(=O)O)ccc(CS(=O)(=O)c2ccccc2)c1-c1ccoc1. The second-order valence-electron chi connectivity index (χ2n) is 6.13. The van der Waals surface area contributed by atoms with Gasteiger partial charge in [0.05, 0.1) is 34.4 Å². The summed E-state index contributed by atoms with van der Waals surface area (Å²) in [6.45, 7) is 0.621. The first-order valence-electron chi connectivity index (χ1n) is 8.57. The third-order valence-electron chi connectivity index (χ3n) is 4.23. The Hall–Kier alpha value is -2.81. The van der Waals surface area contributed by atoms with Crippen molar-refractivity contribution in [3.63, 3.8) is 0 Å². The van der Waals surface area contributed by atoms with E-state index in [1.54, 1.807) is 24.3 Å². The summed E-state index contributed by atoms with van der Waals surface area (Å²) >= 11 is 0. The van der Waals surface area contributed by atoms with Crippen LogP contribution in [0.5, 0.6) is 0 Å². The van der Waals surface area contributed by atoms with E-state index in [2.05, 4.69) is 5.32 Å². The van der Waals surface area contributed by atoms with Crippen molar-refractivity contribution >= 4 is 33.9 Å². The van der Waals surface area contributed by atoms with Gasteiger partial charge in [0.25, 0.3) is 0 Å². The van der Waals surface area contributed by atoms with Crippen LogP contribution in [0, 0.1) is 0 Å². The highest BCUT2D eigenvalue weighted by atomic mass is 35.5. The van der Waals surface area contributed by atoms with Crippen LogP contribution in [0.25, 0.3) is 11.1 Å². The number of aromatic carboxylic acids is 1. The van der Waals surface area contributed by atoms with Gasteiger partial charge in [0.15, 0.2) is 9.84 Å². The van der Waals surface area contributed by atoms with E-state index in [1.807, 2.05) is 0 Å². The van der Waals surface area contributed by atoms with E-state index in [0.717, 1.165) is 0 Å². The third-order valence-corrected chi connectivity index (χ3v) is 5.91. The molecule has 3 aromatic rings. The van der Waals surface area contributed by atoms with E-state index in [0.29, 0.717) is 28.9 Å². The molecule has 29 heavy (non-hydrogen) atoms. The average Bonchev–Trinajstić information content (AvgIpc) is 3.20. The number of furan rings is 1. The lowest BCUT2D eigenvalue weighted by atomic mass is 9.96. The molecule has 0 unspecified atom stereocenters. The predicted octanol–water partition coefficient (Wildman–Crippen LogP) is 3.41. The summed E-state index contributed by atoms with van der Waals surface area (Å²) in [5, 5.41) is 12.6. The van der Waals surface area contributed by atoms with Gasteiger partial charge in [0.1, 0.15) is 0 Å². The average molecular weight is 437 g/mol. The standard InChI is InChI=1S/C20H20N2O5S.ClH/c21-9-10-22-19-17(20(23)24)7-6-15(18(19)14-8-11-27-12-14)13-28(25,26)16-4-2-1-3-5-16;/h1-8,11-12,22H,9-10,13,21H2,(H,23,24);1H. The smallest absolute Gasteiger partial charge is 0.337 e. The van der Waals surface area contributed by atoms with Crippen molar-refractivity contribution in [1.82, 2.24) is 0 Å². The molecule has 0 atom stereocenters. The number of sulfone groups is 1. The molecule has 0 aliphatic heterocycles. The summed E-state index contributed by atoms with van der Waals surface area (Å²) < 4.78 is 30.9. The van der Waals surface area contributed by atoms with E-state index in [1.165, 1.54) is 36.8 Å². The lowest BCUT2D eigenvalue weighted by molar-refractivity contribution is 0.0698. The predicted molar refractivity (Wildman–Crippen MR) is 113 cm³/mol. The van der Waals surface area contributed by atoms with E-state index < -0.39 is 15.8 Å². The van der Waals surface area contributed by atoms with Crippen LogP contribution in [0.4, 0.5) is 5.69 Å². The summed E-state index contributed by atoms with van der Waals surface area (Å²) in [5.41, 5.74) is 7.44. The molecule has 0 spiro atoms. The largest absolute Gasteiger partial charge is 0.478 e. The molecule has 2 aromatic carbocycles. The number of rotatable bonds is 8. The first kappa shape index (κ1) is 22.5. The maximum absolute atomic E-state index is 12.9. The molecule has 4 N–H and O–H groups in total. The second kappa shape index (κ2) is 9.60. The fourth-order valence-corrected chi connectivity index (χ4v) is 4.37. The van der Waals surface area contributed by atoms with Crippen molar-refractivity contribution in [3.8, 4) is 11.1 Å². The van der Waals surface area contributed by atoms with Crippen LogP contribution in [0.1, 0.15) is 15.9 Å². The molecule has 0 fully saturated rings. The fourth-order valence-electron chi connectivity index (χ4n) is 2.98. The van der Waals surface area contributed by atoms with Crippen LogP contribution in [-0.4, -0.2) is 32.6 Å². The van der Waals surface area contributed by atoms with Crippen LogP contribution in [-0.2, 0) is 15.6 Å². The minimum atomic E-state index is -3.63. The van der Waals surface area contributed by atoms with Gasteiger partial charge in [-0.1, -0.05) is 24.3 Å². The van der Waals surface area contributed by atoms with Gasteiger partial charge < -0.3 is 20.6 Å². The highest BCUT2D eigenvalue weighted by Gasteiger charge is 2.23. The molecule has 1 aromatic heterocycles. The molecule has 7 nitrogen and oxygen atoms in total. The zero-order valence-corrected chi connectivity index (χ0v) is 17.0. The zero-order chi connectivity index (χ0) is 20.1. The number of nitrogens with one attached hydrogen (secondary N) is 1. The summed E-state index contributed by atoms with van der Waals surface area (Å²) in [4.78, 5) is 11.9. The Labute approximate surface area is 174 Å². The molecule has 3 rings (SSSR count). The third kappa shape index (κ3) is 4.97. The Kier molecular flexibility index (Phi) is 7.44. The van der Waals surface area contributed by atoms with E-state index in [4.69, 9.17) is 10.2 Å². The van der Waals surface area contributed by atoms with Gasteiger partial charge >= 0.3 is 5.97 Å². The molecule has 154 valence electrons. The number of carbonyl (C=O) groups is 1. The van der Waals surface area contributed by atoms with Crippen LogP contribution in [0.3, 0.4) is 0 Å². The van der Waals surface area contributed by atoms with Gasteiger partial charge in [-0.15, -0.1) is 12.4 Å². The molecule has 0 saturated heterocycles. The number of anilines is 1. The molecular formula is C20H21ClN2O5S. The topological polar surface area (TPSA) is 123 Å². The van der Waals surface area contributed by atoms with Crippen LogP contribution in [0.2, 0.25) is 0 Å². The number of carboxylic acids is 1. The van der Waals surface area contributed by atoms with Crippen molar-refractivity contribution in [1.29, 1.82) is 0 Å². The quantitative estimate of drug-likeness (QED) is 0.494. The monoisotopic (exact) mass is 436 g/mol. The Morgan fingerprint density at radius 3 is 2.41 bits per heavy atom. The van der Waals surface area contributed by atoms with Crippen LogP contribution in [0.15, 0.2) is 70.4 Å². The summed E-state index contributed by atoms with van der Waals surface area (Å²) in [7, 11) is -3.63. The summed E-state index contributed by atoms with van der Waals surface area (Å²) in [5.74, 6) is -1.41. The van der Waals surface area contributed by atoms with E-state index in [9.17, 15) is 18.3 Å². The number of nitrogens with two attached hydrogens (primary N) is 1. The number of benzene rings is 2. The lowest BCUT2D eigenvalue weighted by Gasteiger charge is -2.18.